The second-order valence-corrected chi connectivity index (χ2v) is 7.01. The van der Waals surface area contributed by atoms with Crippen LogP contribution in [0.15, 0.2) is 41.0 Å². The van der Waals surface area contributed by atoms with Gasteiger partial charge in [0.15, 0.2) is 4.34 Å². The number of benzene rings is 1. The van der Waals surface area contributed by atoms with E-state index in [1.807, 2.05) is 17.8 Å². The van der Waals surface area contributed by atoms with Crippen molar-refractivity contribution in [2.24, 2.45) is 7.05 Å². The molecule has 0 amide bonds. The zero-order valence-corrected chi connectivity index (χ0v) is 14.5. The molecule has 0 fully saturated rings. The molecule has 0 aliphatic heterocycles. The molecule has 0 unspecified atom stereocenters. The van der Waals surface area contributed by atoms with Crippen LogP contribution < -0.4 is 10.1 Å². The van der Waals surface area contributed by atoms with Crippen molar-refractivity contribution in [1.29, 1.82) is 0 Å². The van der Waals surface area contributed by atoms with Crippen molar-refractivity contribution in [2.75, 3.05) is 5.32 Å². The normalized spacial score (nSPS) is 11.5. The number of imidazole rings is 1. The Bertz CT molecular complexity index is 832. The highest BCUT2D eigenvalue weighted by Gasteiger charge is 2.30. The fourth-order valence-corrected chi connectivity index (χ4v) is 3.62. The molecule has 0 radical (unpaired) electrons. The molecule has 25 heavy (non-hydrogen) atoms. The first-order chi connectivity index (χ1) is 11.9. The molecule has 3 aromatic rings. The molecule has 6 nitrogen and oxygen atoms in total. The van der Waals surface area contributed by atoms with Crippen LogP contribution in [0.3, 0.4) is 0 Å². The van der Waals surface area contributed by atoms with Gasteiger partial charge in [0, 0.05) is 25.1 Å². The zero-order valence-electron chi connectivity index (χ0n) is 12.8. The first kappa shape index (κ1) is 17.5. The van der Waals surface area contributed by atoms with Crippen molar-refractivity contribution in [3.05, 3.63) is 42.5 Å². The van der Waals surface area contributed by atoms with Gasteiger partial charge in [0.1, 0.15) is 11.6 Å². The quantitative estimate of drug-likeness (QED) is 0.640. The fourth-order valence-electron chi connectivity index (χ4n) is 1.84. The molecular weight excluding hydrogens is 375 g/mol. The van der Waals surface area contributed by atoms with Crippen LogP contribution >= 0.6 is 23.1 Å². The molecule has 0 atom stereocenters. The number of aromatic nitrogens is 4. The Morgan fingerprint density at radius 3 is 2.64 bits per heavy atom. The van der Waals surface area contributed by atoms with E-state index in [0.29, 0.717) is 16.6 Å². The predicted octanol–water partition coefficient (Wildman–Crippen LogP) is 4.21. The molecular formula is C14H12F3N5OS2. The summed E-state index contributed by atoms with van der Waals surface area (Å²) < 4.78 is 42.9. The number of ether oxygens (including phenoxy) is 1. The third kappa shape index (κ3) is 5.10. The molecule has 0 aliphatic carbocycles. The lowest BCUT2D eigenvalue weighted by atomic mass is 10.3. The van der Waals surface area contributed by atoms with Gasteiger partial charge in [0.2, 0.25) is 5.13 Å². The number of hydrogen-bond acceptors (Lipinski definition) is 7. The molecule has 11 heteroatoms. The average molecular weight is 387 g/mol. The van der Waals surface area contributed by atoms with Crippen molar-refractivity contribution < 1.29 is 17.9 Å². The lowest BCUT2D eigenvalue weighted by molar-refractivity contribution is -0.274. The monoisotopic (exact) mass is 387 g/mol. The van der Waals surface area contributed by atoms with Crippen molar-refractivity contribution in [1.82, 2.24) is 19.7 Å². The number of aryl methyl sites for hydroxylation is 1. The SMILES string of the molecule is Cn1ccnc1CSc1nnc(Nc2ccc(OC(F)(F)F)cc2)s1. The van der Waals surface area contributed by atoms with Crippen LogP contribution in [0.5, 0.6) is 5.75 Å². The van der Waals surface area contributed by atoms with Crippen LogP contribution in [0.1, 0.15) is 5.82 Å². The lowest BCUT2D eigenvalue weighted by Gasteiger charge is -2.09. The first-order valence-corrected chi connectivity index (χ1v) is 8.74. The van der Waals surface area contributed by atoms with Gasteiger partial charge >= 0.3 is 6.36 Å². The fraction of sp³-hybridized carbons (Fsp3) is 0.214. The van der Waals surface area contributed by atoms with E-state index in [9.17, 15) is 13.2 Å². The van der Waals surface area contributed by atoms with Gasteiger partial charge in [0.05, 0.1) is 5.75 Å². The minimum atomic E-state index is -4.70. The highest BCUT2D eigenvalue weighted by molar-refractivity contribution is 8.00. The summed E-state index contributed by atoms with van der Waals surface area (Å²) in [4.78, 5) is 4.23. The molecule has 0 spiro atoms. The first-order valence-electron chi connectivity index (χ1n) is 6.94. The highest BCUT2D eigenvalue weighted by atomic mass is 32.2. The number of rotatable bonds is 6. The van der Waals surface area contributed by atoms with Crippen LogP contribution in [0.2, 0.25) is 0 Å². The summed E-state index contributed by atoms with van der Waals surface area (Å²) in [6, 6.07) is 5.41. The van der Waals surface area contributed by atoms with Gasteiger partial charge in [-0.15, -0.1) is 23.4 Å². The molecule has 0 saturated carbocycles. The van der Waals surface area contributed by atoms with Crippen LogP contribution in [0.25, 0.3) is 0 Å². The van der Waals surface area contributed by atoms with Crippen molar-refractivity contribution in [2.45, 2.75) is 16.5 Å². The molecule has 3 rings (SSSR count). The summed E-state index contributed by atoms with van der Waals surface area (Å²) in [6.07, 6.45) is -1.10. The third-order valence-corrected chi connectivity index (χ3v) is 4.96. The Morgan fingerprint density at radius 1 is 1.24 bits per heavy atom. The van der Waals surface area contributed by atoms with Crippen molar-refractivity contribution >= 4 is 33.9 Å². The van der Waals surface area contributed by atoms with Gasteiger partial charge in [-0.1, -0.05) is 23.1 Å². The number of anilines is 2. The minimum absolute atomic E-state index is 0.276. The number of alkyl halides is 3. The number of halogens is 3. The Morgan fingerprint density at radius 2 is 2.00 bits per heavy atom. The van der Waals surface area contributed by atoms with Gasteiger partial charge in [-0.25, -0.2) is 4.98 Å². The van der Waals surface area contributed by atoms with Crippen molar-refractivity contribution in [3.63, 3.8) is 0 Å². The van der Waals surface area contributed by atoms with E-state index in [1.54, 1.807) is 6.20 Å². The molecule has 0 saturated heterocycles. The summed E-state index contributed by atoms with van der Waals surface area (Å²) >= 11 is 2.86. The van der Waals surface area contributed by atoms with Crippen LogP contribution in [0.4, 0.5) is 24.0 Å². The van der Waals surface area contributed by atoms with Gasteiger partial charge in [-0.3, -0.25) is 0 Å². The lowest BCUT2D eigenvalue weighted by Crippen LogP contribution is -2.16. The Hall–Kier alpha value is -2.27. The average Bonchev–Trinajstić information content (AvgIpc) is 3.15. The number of nitrogens with zero attached hydrogens (tertiary/aromatic N) is 4. The second kappa shape index (κ2) is 7.31. The smallest absolute Gasteiger partial charge is 0.406 e. The maximum Gasteiger partial charge on any atom is 0.573 e. The Labute approximate surface area is 149 Å². The second-order valence-electron chi connectivity index (χ2n) is 4.81. The summed E-state index contributed by atoms with van der Waals surface area (Å²) in [5, 5.41) is 11.6. The maximum atomic E-state index is 12.1. The summed E-state index contributed by atoms with van der Waals surface area (Å²) in [5.41, 5.74) is 0.589. The van der Waals surface area contributed by atoms with Crippen molar-refractivity contribution in [3.8, 4) is 5.75 Å². The van der Waals surface area contributed by atoms with Crippen LogP contribution in [0, 0.1) is 0 Å². The summed E-state index contributed by atoms with van der Waals surface area (Å²) in [6.45, 7) is 0. The predicted molar refractivity (Wildman–Crippen MR) is 89.1 cm³/mol. The van der Waals surface area contributed by atoms with Gasteiger partial charge in [0.25, 0.3) is 0 Å². The van der Waals surface area contributed by atoms with Gasteiger partial charge in [-0.2, -0.15) is 0 Å². The van der Waals surface area contributed by atoms with E-state index in [2.05, 4.69) is 25.2 Å². The third-order valence-electron chi connectivity index (χ3n) is 2.99. The summed E-state index contributed by atoms with van der Waals surface area (Å²) in [7, 11) is 1.92. The molecule has 1 N–H and O–H groups in total. The van der Waals surface area contributed by atoms with Crippen LogP contribution in [-0.2, 0) is 12.8 Å². The van der Waals surface area contributed by atoms with Gasteiger partial charge in [-0.05, 0) is 24.3 Å². The number of thioether (sulfide) groups is 1. The topological polar surface area (TPSA) is 64.9 Å². The minimum Gasteiger partial charge on any atom is -0.406 e. The summed E-state index contributed by atoms with van der Waals surface area (Å²) in [5.74, 6) is 1.32. The number of hydrogen-bond donors (Lipinski definition) is 1. The Kier molecular flexibility index (Phi) is 5.13. The molecule has 2 aromatic heterocycles. The number of nitrogens with one attached hydrogen (secondary N) is 1. The van der Waals surface area contributed by atoms with Gasteiger partial charge < -0.3 is 14.6 Å². The van der Waals surface area contributed by atoms with E-state index in [0.717, 1.165) is 10.2 Å². The molecule has 0 aliphatic rings. The molecule has 2 heterocycles. The standard InChI is InChI=1S/C14H12F3N5OS2/c1-22-7-6-18-11(22)8-24-13-21-20-12(25-13)19-9-2-4-10(5-3-9)23-14(15,16)17/h2-7H,8H2,1H3,(H,19,20). The van der Waals surface area contributed by atoms with E-state index >= 15 is 0 Å². The van der Waals surface area contributed by atoms with Crippen LogP contribution in [-0.4, -0.2) is 26.1 Å². The van der Waals surface area contributed by atoms with E-state index < -0.39 is 6.36 Å². The zero-order chi connectivity index (χ0) is 17.9. The maximum absolute atomic E-state index is 12.1. The Balaban J connectivity index is 1.57. The largest absolute Gasteiger partial charge is 0.573 e. The molecule has 132 valence electrons. The highest BCUT2D eigenvalue weighted by Crippen LogP contribution is 2.30. The van der Waals surface area contributed by atoms with E-state index in [-0.39, 0.29) is 5.75 Å². The van der Waals surface area contributed by atoms with E-state index in [1.165, 1.54) is 47.4 Å². The van der Waals surface area contributed by atoms with E-state index in [4.69, 9.17) is 0 Å². The molecule has 0 bridgehead atoms. The molecule has 1 aromatic carbocycles.